The molecule has 1 amide bonds. The van der Waals surface area contributed by atoms with Crippen LogP contribution in [0, 0.1) is 12.7 Å². The van der Waals surface area contributed by atoms with Crippen LogP contribution in [0.2, 0.25) is 0 Å². The van der Waals surface area contributed by atoms with Crippen molar-refractivity contribution in [1.29, 1.82) is 0 Å². The molecule has 134 valence electrons. The van der Waals surface area contributed by atoms with Gasteiger partial charge in [0.05, 0.1) is 12.2 Å². The minimum absolute atomic E-state index is 0.0669. The van der Waals surface area contributed by atoms with E-state index in [4.69, 9.17) is 4.74 Å². The molecular weight excluding hydrogens is 323 g/mol. The summed E-state index contributed by atoms with van der Waals surface area (Å²) in [5, 5.41) is 2.79. The maximum absolute atomic E-state index is 13.7. The Morgan fingerprint density at radius 3 is 2.68 bits per heavy atom. The van der Waals surface area contributed by atoms with Crippen LogP contribution in [0.25, 0.3) is 0 Å². The van der Waals surface area contributed by atoms with Crippen molar-refractivity contribution in [2.24, 2.45) is 0 Å². The number of hydrogen-bond donors (Lipinski definition) is 1. The first-order valence-electron chi connectivity index (χ1n) is 8.11. The van der Waals surface area contributed by atoms with Gasteiger partial charge in [0.2, 0.25) is 5.95 Å². The van der Waals surface area contributed by atoms with Crippen molar-refractivity contribution in [2.45, 2.75) is 32.9 Å². The van der Waals surface area contributed by atoms with Gasteiger partial charge in [-0.05, 0) is 31.5 Å². The molecule has 0 aliphatic rings. The molecule has 2 aromatic rings. The number of nitrogens with zero attached hydrogens (tertiary/aromatic N) is 3. The average molecular weight is 346 g/mol. The Bertz CT molecular complexity index is 737. The molecule has 0 spiro atoms. The van der Waals surface area contributed by atoms with E-state index in [1.807, 2.05) is 34.0 Å². The number of nitrogens with one attached hydrogen (secondary N) is 1. The molecule has 0 fully saturated rings. The minimum Gasteiger partial charge on any atom is -0.478 e. The van der Waals surface area contributed by atoms with E-state index in [1.165, 1.54) is 12.1 Å². The van der Waals surface area contributed by atoms with Gasteiger partial charge in [-0.1, -0.05) is 19.1 Å². The van der Waals surface area contributed by atoms with Crippen molar-refractivity contribution in [1.82, 2.24) is 15.3 Å². The number of ether oxygens (including phenoxy) is 1. The van der Waals surface area contributed by atoms with E-state index in [-0.39, 0.29) is 18.2 Å². The Balaban J connectivity index is 2.02. The number of halogens is 1. The number of carbonyl (C=O) groups is 1. The van der Waals surface area contributed by atoms with Crippen molar-refractivity contribution in [3.8, 4) is 5.75 Å². The molecule has 0 bridgehead atoms. The SMILES string of the molecule is CC[C@@H](Oc1ccccc1F)C(=O)NCc1cc(C)nc(N(C)C)n1. The second kappa shape index (κ2) is 8.41. The van der Waals surface area contributed by atoms with Gasteiger partial charge in [-0.2, -0.15) is 0 Å². The average Bonchev–Trinajstić information content (AvgIpc) is 2.58. The molecule has 0 aliphatic heterocycles. The first-order valence-corrected chi connectivity index (χ1v) is 8.11. The van der Waals surface area contributed by atoms with E-state index in [1.54, 1.807) is 17.0 Å². The fraction of sp³-hybridized carbons (Fsp3) is 0.389. The number of hydrogen-bond acceptors (Lipinski definition) is 5. The van der Waals surface area contributed by atoms with Gasteiger partial charge in [0.1, 0.15) is 0 Å². The topological polar surface area (TPSA) is 67.3 Å². The molecule has 7 heteroatoms. The van der Waals surface area contributed by atoms with Gasteiger partial charge < -0.3 is 15.0 Å². The van der Waals surface area contributed by atoms with Gasteiger partial charge >= 0.3 is 0 Å². The number of rotatable bonds is 7. The Labute approximate surface area is 147 Å². The van der Waals surface area contributed by atoms with Crippen molar-refractivity contribution >= 4 is 11.9 Å². The highest BCUT2D eigenvalue weighted by Crippen LogP contribution is 2.18. The minimum atomic E-state index is -0.770. The number of aromatic nitrogens is 2. The number of carbonyl (C=O) groups excluding carboxylic acids is 1. The second-order valence-corrected chi connectivity index (χ2v) is 5.86. The highest BCUT2D eigenvalue weighted by atomic mass is 19.1. The molecule has 6 nitrogen and oxygen atoms in total. The zero-order chi connectivity index (χ0) is 18.4. The van der Waals surface area contributed by atoms with Gasteiger partial charge in [0, 0.05) is 19.8 Å². The first kappa shape index (κ1) is 18.6. The van der Waals surface area contributed by atoms with E-state index >= 15 is 0 Å². The third-order valence-corrected chi connectivity index (χ3v) is 3.51. The maximum Gasteiger partial charge on any atom is 0.261 e. The van der Waals surface area contributed by atoms with E-state index < -0.39 is 11.9 Å². The van der Waals surface area contributed by atoms with Gasteiger partial charge in [0.15, 0.2) is 17.7 Å². The molecule has 1 atom stereocenters. The van der Waals surface area contributed by atoms with Crippen LogP contribution >= 0.6 is 0 Å². The molecule has 0 radical (unpaired) electrons. The summed E-state index contributed by atoms with van der Waals surface area (Å²) in [6, 6.07) is 7.85. The van der Waals surface area contributed by atoms with Gasteiger partial charge in [-0.15, -0.1) is 0 Å². The normalized spacial score (nSPS) is 11.7. The maximum atomic E-state index is 13.7. The fourth-order valence-electron chi connectivity index (χ4n) is 2.21. The lowest BCUT2D eigenvalue weighted by molar-refractivity contribution is -0.128. The van der Waals surface area contributed by atoms with Gasteiger partial charge in [-0.3, -0.25) is 4.79 Å². The lowest BCUT2D eigenvalue weighted by Crippen LogP contribution is -2.38. The number of benzene rings is 1. The summed E-state index contributed by atoms with van der Waals surface area (Å²) in [5.41, 5.74) is 1.52. The number of aryl methyl sites for hydroxylation is 1. The van der Waals surface area contributed by atoms with E-state index in [2.05, 4.69) is 15.3 Å². The van der Waals surface area contributed by atoms with Gasteiger partial charge in [0.25, 0.3) is 5.91 Å². The summed E-state index contributed by atoms with van der Waals surface area (Å²) in [6.45, 7) is 3.93. The predicted octanol–water partition coefficient (Wildman–Crippen LogP) is 2.46. The van der Waals surface area contributed by atoms with Crippen LogP contribution < -0.4 is 15.0 Å². The zero-order valence-electron chi connectivity index (χ0n) is 14.9. The second-order valence-electron chi connectivity index (χ2n) is 5.86. The monoisotopic (exact) mass is 346 g/mol. The van der Waals surface area contributed by atoms with Crippen LogP contribution in [-0.2, 0) is 11.3 Å². The molecule has 0 saturated carbocycles. The fourth-order valence-corrected chi connectivity index (χ4v) is 2.21. The van der Waals surface area contributed by atoms with Crippen molar-refractivity contribution < 1.29 is 13.9 Å². The summed E-state index contributed by atoms with van der Waals surface area (Å²) in [5.74, 6) is -0.152. The van der Waals surface area contributed by atoms with Crippen LogP contribution in [0.15, 0.2) is 30.3 Å². The summed E-state index contributed by atoms with van der Waals surface area (Å²) >= 11 is 0. The largest absolute Gasteiger partial charge is 0.478 e. The van der Waals surface area contributed by atoms with Crippen LogP contribution in [0.5, 0.6) is 5.75 Å². The summed E-state index contributed by atoms with van der Waals surface area (Å²) < 4.78 is 19.2. The van der Waals surface area contributed by atoms with Gasteiger partial charge in [-0.25, -0.2) is 14.4 Å². The molecule has 2 rings (SSSR count). The highest BCUT2D eigenvalue weighted by Gasteiger charge is 2.19. The van der Waals surface area contributed by atoms with Crippen LogP contribution in [0.3, 0.4) is 0 Å². The first-order chi connectivity index (χ1) is 11.9. The smallest absolute Gasteiger partial charge is 0.261 e. The van der Waals surface area contributed by atoms with Crippen molar-refractivity contribution in [2.75, 3.05) is 19.0 Å². The third kappa shape index (κ3) is 5.14. The highest BCUT2D eigenvalue weighted by molar-refractivity contribution is 5.81. The van der Waals surface area contributed by atoms with E-state index in [9.17, 15) is 9.18 Å². The number of anilines is 1. The van der Waals surface area contributed by atoms with E-state index in [0.717, 1.165) is 5.69 Å². The molecule has 0 saturated heterocycles. The molecule has 1 heterocycles. The summed E-state index contributed by atoms with van der Waals surface area (Å²) in [7, 11) is 3.71. The molecular formula is C18H23FN4O2. The van der Waals surface area contributed by atoms with Crippen molar-refractivity contribution in [3.05, 3.63) is 47.5 Å². The Morgan fingerprint density at radius 2 is 2.04 bits per heavy atom. The Kier molecular flexibility index (Phi) is 6.27. The van der Waals surface area contributed by atoms with Crippen LogP contribution in [-0.4, -0.2) is 36.1 Å². The predicted molar refractivity (Wildman–Crippen MR) is 94.0 cm³/mol. The lowest BCUT2D eigenvalue weighted by Gasteiger charge is -2.18. The lowest BCUT2D eigenvalue weighted by atomic mass is 10.2. The molecule has 1 aromatic carbocycles. The Hall–Kier alpha value is -2.70. The number of amides is 1. The molecule has 0 aliphatic carbocycles. The van der Waals surface area contributed by atoms with E-state index in [0.29, 0.717) is 18.1 Å². The Morgan fingerprint density at radius 1 is 1.32 bits per heavy atom. The van der Waals surface area contributed by atoms with Crippen molar-refractivity contribution in [3.63, 3.8) is 0 Å². The molecule has 1 aromatic heterocycles. The number of para-hydroxylation sites is 1. The summed E-state index contributed by atoms with van der Waals surface area (Å²) in [4.78, 5) is 22.9. The molecule has 1 N–H and O–H groups in total. The molecule has 0 unspecified atom stereocenters. The quantitative estimate of drug-likeness (QED) is 0.834. The molecule has 25 heavy (non-hydrogen) atoms. The standard InChI is InChI=1S/C18H23FN4O2/c1-5-15(25-16-9-7-6-8-14(16)19)17(24)20-11-13-10-12(2)21-18(22-13)23(3)4/h6-10,15H,5,11H2,1-4H3,(H,20,24)/t15-/m1/s1. The zero-order valence-corrected chi connectivity index (χ0v) is 14.9. The van der Waals surface area contributed by atoms with Crippen LogP contribution in [0.1, 0.15) is 24.7 Å². The third-order valence-electron chi connectivity index (χ3n) is 3.51. The van der Waals surface area contributed by atoms with Crippen LogP contribution in [0.4, 0.5) is 10.3 Å². The summed E-state index contributed by atoms with van der Waals surface area (Å²) in [6.07, 6.45) is -0.348.